The Balaban J connectivity index is 2.12. The summed E-state index contributed by atoms with van der Waals surface area (Å²) in [6, 6.07) is 11.8. The molecule has 2 nitrogen and oxygen atoms in total. The van der Waals surface area contributed by atoms with E-state index in [0.29, 0.717) is 6.42 Å². The fourth-order valence-corrected chi connectivity index (χ4v) is 3.46. The summed E-state index contributed by atoms with van der Waals surface area (Å²) >= 11 is 0. The fraction of sp³-hybridized carbons (Fsp3) is 0.391. The molecule has 0 aromatic heterocycles. The molecule has 0 aliphatic heterocycles. The summed E-state index contributed by atoms with van der Waals surface area (Å²) in [6.45, 7) is 11.8. The number of hydrogen-bond donors (Lipinski definition) is 0. The molecule has 0 N–H and O–H groups in total. The smallest absolute Gasteiger partial charge is 0.165 e. The fourth-order valence-electron chi connectivity index (χ4n) is 3.46. The molecule has 0 heterocycles. The molecule has 0 aliphatic carbocycles. The molecular weight excluding hydrogens is 308 g/mol. The van der Waals surface area contributed by atoms with Crippen LogP contribution in [0.3, 0.4) is 0 Å². The minimum Gasteiger partial charge on any atom is -0.294 e. The van der Waals surface area contributed by atoms with E-state index in [1.807, 2.05) is 77.9 Å². The number of ketones is 2. The van der Waals surface area contributed by atoms with Gasteiger partial charge in [-0.15, -0.1) is 0 Å². The van der Waals surface area contributed by atoms with E-state index in [4.69, 9.17) is 0 Å². The van der Waals surface area contributed by atoms with Crippen LogP contribution in [0.5, 0.6) is 0 Å². The highest BCUT2D eigenvalue weighted by atomic mass is 16.1. The minimum absolute atomic E-state index is 0.123. The first-order chi connectivity index (χ1) is 11.7. The van der Waals surface area contributed by atoms with Gasteiger partial charge in [-0.3, -0.25) is 9.59 Å². The highest BCUT2D eigenvalue weighted by molar-refractivity contribution is 6.01. The molecule has 0 spiro atoms. The van der Waals surface area contributed by atoms with Crippen molar-refractivity contribution in [3.05, 3.63) is 69.8 Å². The van der Waals surface area contributed by atoms with Gasteiger partial charge in [-0.2, -0.15) is 0 Å². The van der Waals surface area contributed by atoms with Gasteiger partial charge in [-0.05, 0) is 45.2 Å². The van der Waals surface area contributed by atoms with Crippen LogP contribution in [0.25, 0.3) is 0 Å². The van der Waals surface area contributed by atoms with E-state index in [1.165, 1.54) is 0 Å². The van der Waals surface area contributed by atoms with Crippen molar-refractivity contribution in [1.82, 2.24) is 0 Å². The van der Waals surface area contributed by atoms with E-state index in [9.17, 15) is 9.59 Å². The molecular formula is C23H28O2. The zero-order valence-corrected chi connectivity index (χ0v) is 16.1. The predicted molar refractivity (Wildman–Crippen MR) is 103 cm³/mol. The van der Waals surface area contributed by atoms with Crippen molar-refractivity contribution in [3.63, 3.8) is 0 Å². The van der Waals surface area contributed by atoms with Crippen LogP contribution in [-0.4, -0.2) is 11.6 Å². The van der Waals surface area contributed by atoms with Crippen molar-refractivity contribution in [2.24, 2.45) is 11.8 Å². The van der Waals surface area contributed by atoms with E-state index in [0.717, 1.165) is 33.4 Å². The number of hydrogen-bond acceptors (Lipinski definition) is 2. The summed E-state index contributed by atoms with van der Waals surface area (Å²) in [7, 11) is 0. The number of Topliss-reactive ketones (excluding diaryl/α,β-unsaturated/α-hetero) is 2. The van der Waals surface area contributed by atoms with Crippen molar-refractivity contribution < 1.29 is 9.59 Å². The predicted octanol–water partition coefficient (Wildman–Crippen LogP) is 5.65. The molecule has 0 fully saturated rings. The van der Waals surface area contributed by atoms with Gasteiger partial charge in [-0.25, -0.2) is 0 Å². The third-order valence-electron chi connectivity index (χ3n) is 4.90. The van der Waals surface area contributed by atoms with E-state index < -0.39 is 0 Å². The van der Waals surface area contributed by atoms with Crippen molar-refractivity contribution >= 4 is 11.6 Å². The van der Waals surface area contributed by atoms with Crippen molar-refractivity contribution in [1.29, 1.82) is 0 Å². The molecule has 25 heavy (non-hydrogen) atoms. The summed E-state index contributed by atoms with van der Waals surface area (Å²) in [5.41, 5.74) is 5.85. The first-order valence-corrected chi connectivity index (χ1v) is 8.93. The van der Waals surface area contributed by atoms with Crippen LogP contribution in [-0.2, 0) is 0 Å². The Bertz CT molecular complexity index is 734. The first-order valence-electron chi connectivity index (χ1n) is 8.93. The molecule has 0 radical (unpaired) electrons. The second-order valence-electron chi connectivity index (χ2n) is 7.40. The van der Waals surface area contributed by atoms with Gasteiger partial charge in [0.1, 0.15) is 0 Å². The standard InChI is InChI=1S/C23H28O2/c1-14-7-9-20(16(3)11-14)22(24)18(5)13-19(6)23(25)21-10-8-15(2)12-17(21)4/h7-12,18-19H,13H2,1-6H3. The summed E-state index contributed by atoms with van der Waals surface area (Å²) < 4.78 is 0. The van der Waals surface area contributed by atoms with E-state index in [-0.39, 0.29) is 23.4 Å². The maximum absolute atomic E-state index is 12.8. The topological polar surface area (TPSA) is 34.1 Å². The number of rotatable bonds is 6. The first kappa shape index (κ1) is 19.1. The summed E-state index contributed by atoms with van der Waals surface area (Å²) in [5.74, 6) is -0.104. The molecule has 132 valence electrons. The summed E-state index contributed by atoms with van der Waals surface area (Å²) in [4.78, 5) is 25.5. The largest absolute Gasteiger partial charge is 0.294 e. The van der Waals surface area contributed by atoms with Gasteiger partial charge in [0.05, 0.1) is 0 Å². The van der Waals surface area contributed by atoms with Crippen LogP contribution < -0.4 is 0 Å². The zero-order valence-electron chi connectivity index (χ0n) is 16.1. The SMILES string of the molecule is Cc1ccc(C(=O)C(C)CC(C)C(=O)c2ccc(C)cc2C)c(C)c1. The van der Waals surface area contributed by atoms with Gasteiger partial charge in [0, 0.05) is 23.0 Å². The molecule has 0 saturated carbocycles. The molecule has 2 heteroatoms. The maximum atomic E-state index is 12.8. The number of benzene rings is 2. The molecule has 0 saturated heterocycles. The lowest BCUT2D eigenvalue weighted by Crippen LogP contribution is -2.21. The van der Waals surface area contributed by atoms with Crippen LogP contribution in [0.4, 0.5) is 0 Å². The van der Waals surface area contributed by atoms with Gasteiger partial charge < -0.3 is 0 Å². The van der Waals surface area contributed by atoms with Crippen molar-refractivity contribution in [3.8, 4) is 0 Å². The molecule has 2 aromatic rings. The van der Waals surface area contributed by atoms with Gasteiger partial charge >= 0.3 is 0 Å². The van der Waals surface area contributed by atoms with Gasteiger partial charge in [0.15, 0.2) is 11.6 Å². The minimum atomic E-state index is -0.175. The van der Waals surface area contributed by atoms with Crippen LogP contribution in [0, 0.1) is 39.5 Å². The Kier molecular flexibility index (Phi) is 5.94. The van der Waals surface area contributed by atoms with Gasteiger partial charge in [-0.1, -0.05) is 61.4 Å². The molecule has 0 bridgehead atoms. The van der Waals surface area contributed by atoms with Gasteiger partial charge in [0.2, 0.25) is 0 Å². The van der Waals surface area contributed by atoms with E-state index in [1.54, 1.807) is 0 Å². The molecule has 0 aliphatic rings. The van der Waals surface area contributed by atoms with E-state index in [2.05, 4.69) is 0 Å². The Morgan fingerprint density at radius 2 is 1.08 bits per heavy atom. The Labute approximate surface area is 151 Å². The monoisotopic (exact) mass is 336 g/mol. The normalized spacial score (nSPS) is 13.4. The quantitative estimate of drug-likeness (QED) is 0.639. The van der Waals surface area contributed by atoms with Crippen LogP contribution in [0.1, 0.15) is 63.2 Å². The summed E-state index contributed by atoms with van der Waals surface area (Å²) in [5, 5.41) is 0. The van der Waals surface area contributed by atoms with Crippen LogP contribution in [0.15, 0.2) is 36.4 Å². The average Bonchev–Trinajstić information content (AvgIpc) is 2.53. The van der Waals surface area contributed by atoms with Crippen molar-refractivity contribution in [2.75, 3.05) is 0 Å². The van der Waals surface area contributed by atoms with Crippen molar-refractivity contribution in [2.45, 2.75) is 48.0 Å². The van der Waals surface area contributed by atoms with Crippen LogP contribution in [0.2, 0.25) is 0 Å². The lowest BCUT2D eigenvalue weighted by molar-refractivity contribution is 0.0866. The molecule has 2 aromatic carbocycles. The second kappa shape index (κ2) is 7.77. The van der Waals surface area contributed by atoms with E-state index >= 15 is 0 Å². The zero-order chi connectivity index (χ0) is 18.7. The van der Waals surface area contributed by atoms with Crippen LogP contribution >= 0.6 is 0 Å². The lowest BCUT2D eigenvalue weighted by Gasteiger charge is -2.18. The molecule has 2 unspecified atom stereocenters. The third-order valence-corrected chi connectivity index (χ3v) is 4.90. The number of aryl methyl sites for hydroxylation is 4. The average molecular weight is 336 g/mol. The Morgan fingerprint density at radius 1 is 0.720 bits per heavy atom. The molecule has 2 rings (SSSR count). The number of carbonyl (C=O) groups is 2. The summed E-state index contributed by atoms with van der Waals surface area (Å²) in [6.07, 6.45) is 0.568. The molecule has 2 atom stereocenters. The Morgan fingerprint density at radius 3 is 1.40 bits per heavy atom. The molecule has 0 amide bonds. The van der Waals surface area contributed by atoms with Gasteiger partial charge in [0.25, 0.3) is 0 Å². The highest BCUT2D eigenvalue weighted by Crippen LogP contribution is 2.24. The highest BCUT2D eigenvalue weighted by Gasteiger charge is 2.24. The lowest BCUT2D eigenvalue weighted by atomic mass is 9.84. The number of carbonyl (C=O) groups excluding carboxylic acids is 2. The second-order valence-corrected chi connectivity index (χ2v) is 7.40. The maximum Gasteiger partial charge on any atom is 0.165 e. The Hall–Kier alpha value is -2.22. The third kappa shape index (κ3) is 4.45.